The lowest BCUT2D eigenvalue weighted by molar-refractivity contribution is 0.0198. The molecule has 1 atom stereocenters. The zero-order chi connectivity index (χ0) is 13.9. The molecule has 0 aromatic heterocycles. The third kappa shape index (κ3) is 3.37. The lowest BCUT2D eigenvalue weighted by Gasteiger charge is -2.33. The molecule has 2 heteroatoms. The second-order valence-corrected chi connectivity index (χ2v) is 6.18. The van der Waals surface area contributed by atoms with Crippen molar-refractivity contribution in [3.63, 3.8) is 0 Å². The van der Waals surface area contributed by atoms with E-state index in [2.05, 4.69) is 56.9 Å². The van der Waals surface area contributed by atoms with Crippen molar-refractivity contribution >= 4 is 0 Å². The van der Waals surface area contributed by atoms with Crippen molar-refractivity contribution in [2.75, 3.05) is 26.3 Å². The molecule has 1 saturated heterocycles. The van der Waals surface area contributed by atoms with Gasteiger partial charge in [-0.25, -0.2) is 0 Å². The predicted octanol–water partition coefficient (Wildman–Crippen LogP) is 3.77. The molecule has 19 heavy (non-hydrogen) atoms. The van der Waals surface area contributed by atoms with Crippen LogP contribution in [0.1, 0.15) is 51.3 Å². The van der Waals surface area contributed by atoms with Gasteiger partial charge in [-0.15, -0.1) is 0 Å². The van der Waals surface area contributed by atoms with Crippen LogP contribution in [0, 0.1) is 0 Å². The molecule has 0 saturated carbocycles. The van der Waals surface area contributed by atoms with E-state index >= 15 is 0 Å². The fraction of sp³-hybridized carbons (Fsp3) is 0.647. The summed E-state index contributed by atoms with van der Waals surface area (Å²) in [4.78, 5) is 2.50. The Hall–Kier alpha value is -0.860. The molecular weight excluding hydrogens is 234 g/mol. The van der Waals surface area contributed by atoms with Gasteiger partial charge in [0.1, 0.15) is 0 Å². The lowest BCUT2D eigenvalue weighted by atomic mass is 9.82. The molecule has 0 aliphatic carbocycles. The Morgan fingerprint density at radius 2 is 1.74 bits per heavy atom. The van der Waals surface area contributed by atoms with Gasteiger partial charge in [0.15, 0.2) is 0 Å². The molecule has 2 rings (SSSR count). The fourth-order valence-electron chi connectivity index (χ4n) is 2.59. The van der Waals surface area contributed by atoms with Crippen molar-refractivity contribution < 1.29 is 4.74 Å². The zero-order valence-corrected chi connectivity index (χ0v) is 12.8. The molecule has 1 aliphatic rings. The molecule has 1 aliphatic heterocycles. The highest BCUT2D eigenvalue weighted by Crippen LogP contribution is 2.29. The van der Waals surface area contributed by atoms with Gasteiger partial charge in [0.05, 0.1) is 13.2 Å². The van der Waals surface area contributed by atoms with Crippen LogP contribution in [0.4, 0.5) is 0 Å². The first-order chi connectivity index (χ1) is 9.04. The molecule has 2 nitrogen and oxygen atoms in total. The molecule has 1 heterocycles. The van der Waals surface area contributed by atoms with Crippen LogP contribution in [-0.4, -0.2) is 31.2 Å². The molecule has 0 bridgehead atoms. The minimum Gasteiger partial charge on any atom is -0.379 e. The summed E-state index contributed by atoms with van der Waals surface area (Å²) in [6, 6.07) is 9.69. The Morgan fingerprint density at radius 3 is 2.26 bits per heavy atom. The molecule has 1 unspecified atom stereocenters. The number of benzene rings is 1. The van der Waals surface area contributed by atoms with Crippen molar-refractivity contribution in [1.82, 2.24) is 4.90 Å². The van der Waals surface area contributed by atoms with Crippen LogP contribution in [0.25, 0.3) is 0 Å². The van der Waals surface area contributed by atoms with Crippen molar-refractivity contribution in [2.24, 2.45) is 0 Å². The first kappa shape index (κ1) is 14.5. The van der Waals surface area contributed by atoms with Crippen molar-refractivity contribution in [3.05, 3.63) is 35.4 Å². The SMILES string of the molecule is CCC(C)(C)c1ccc(C(C)N2CCOCC2)cc1. The van der Waals surface area contributed by atoms with E-state index in [9.17, 15) is 0 Å². The number of hydrogen-bond donors (Lipinski definition) is 0. The summed E-state index contributed by atoms with van der Waals surface area (Å²) in [5.74, 6) is 0. The van der Waals surface area contributed by atoms with Crippen LogP contribution in [0.3, 0.4) is 0 Å². The molecule has 1 aromatic carbocycles. The van der Waals surface area contributed by atoms with Crippen LogP contribution in [-0.2, 0) is 10.2 Å². The average molecular weight is 261 g/mol. The van der Waals surface area contributed by atoms with E-state index in [1.807, 2.05) is 0 Å². The van der Waals surface area contributed by atoms with E-state index in [4.69, 9.17) is 4.74 Å². The largest absolute Gasteiger partial charge is 0.379 e. The van der Waals surface area contributed by atoms with E-state index in [0.717, 1.165) is 26.3 Å². The van der Waals surface area contributed by atoms with Gasteiger partial charge in [0.2, 0.25) is 0 Å². The summed E-state index contributed by atoms with van der Waals surface area (Å²) >= 11 is 0. The summed E-state index contributed by atoms with van der Waals surface area (Å²) in [5, 5.41) is 0. The van der Waals surface area contributed by atoms with Gasteiger partial charge in [-0.3, -0.25) is 4.90 Å². The minimum absolute atomic E-state index is 0.279. The number of rotatable bonds is 4. The highest BCUT2D eigenvalue weighted by Gasteiger charge is 2.20. The first-order valence-corrected chi connectivity index (χ1v) is 7.47. The zero-order valence-electron chi connectivity index (χ0n) is 12.8. The molecule has 0 radical (unpaired) electrons. The summed E-state index contributed by atoms with van der Waals surface area (Å²) in [6.07, 6.45) is 1.17. The topological polar surface area (TPSA) is 12.5 Å². The normalized spacial score (nSPS) is 19.4. The first-order valence-electron chi connectivity index (χ1n) is 7.47. The van der Waals surface area contributed by atoms with Gasteiger partial charge in [-0.05, 0) is 29.9 Å². The fourth-order valence-corrected chi connectivity index (χ4v) is 2.59. The van der Waals surface area contributed by atoms with E-state index in [1.54, 1.807) is 0 Å². The van der Waals surface area contributed by atoms with Crippen molar-refractivity contribution in [2.45, 2.75) is 45.6 Å². The van der Waals surface area contributed by atoms with Crippen LogP contribution < -0.4 is 0 Å². The Morgan fingerprint density at radius 1 is 1.16 bits per heavy atom. The van der Waals surface area contributed by atoms with Crippen LogP contribution >= 0.6 is 0 Å². The Balaban J connectivity index is 2.09. The third-order valence-electron chi connectivity index (χ3n) is 4.65. The average Bonchev–Trinajstić information content (AvgIpc) is 2.47. The molecule has 0 amide bonds. The maximum absolute atomic E-state index is 5.42. The van der Waals surface area contributed by atoms with E-state index in [1.165, 1.54) is 17.5 Å². The quantitative estimate of drug-likeness (QED) is 0.818. The number of nitrogens with zero attached hydrogens (tertiary/aromatic N) is 1. The standard InChI is InChI=1S/C17H27NO/c1-5-17(3,4)16-8-6-15(7-9-16)14(2)18-10-12-19-13-11-18/h6-9,14H,5,10-13H2,1-4H3. The Kier molecular flexibility index (Phi) is 4.64. The molecule has 1 fully saturated rings. The van der Waals surface area contributed by atoms with Crippen LogP contribution in [0.15, 0.2) is 24.3 Å². The number of ether oxygens (including phenoxy) is 1. The van der Waals surface area contributed by atoms with Gasteiger partial charge in [-0.2, -0.15) is 0 Å². The second kappa shape index (κ2) is 6.06. The second-order valence-electron chi connectivity index (χ2n) is 6.18. The minimum atomic E-state index is 0.279. The maximum atomic E-state index is 5.42. The summed E-state index contributed by atoms with van der Waals surface area (Å²) in [7, 11) is 0. The van der Waals surface area contributed by atoms with E-state index in [0.29, 0.717) is 6.04 Å². The Labute approximate surface area is 117 Å². The van der Waals surface area contributed by atoms with Crippen molar-refractivity contribution in [3.8, 4) is 0 Å². The van der Waals surface area contributed by atoms with Gasteiger partial charge in [-0.1, -0.05) is 45.0 Å². The third-order valence-corrected chi connectivity index (χ3v) is 4.65. The number of morpholine rings is 1. The van der Waals surface area contributed by atoms with Crippen molar-refractivity contribution in [1.29, 1.82) is 0 Å². The highest BCUT2D eigenvalue weighted by atomic mass is 16.5. The van der Waals surface area contributed by atoms with Gasteiger partial charge < -0.3 is 4.74 Å². The van der Waals surface area contributed by atoms with Gasteiger partial charge in [0.25, 0.3) is 0 Å². The molecule has 0 N–H and O–H groups in total. The lowest BCUT2D eigenvalue weighted by Crippen LogP contribution is -2.38. The van der Waals surface area contributed by atoms with E-state index in [-0.39, 0.29) is 5.41 Å². The molecule has 106 valence electrons. The summed E-state index contributed by atoms with van der Waals surface area (Å²) in [5.41, 5.74) is 3.13. The molecule has 0 spiro atoms. The van der Waals surface area contributed by atoms with E-state index < -0.39 is 0 Å². The van der Waals surface area contributed by atoms with Crippen LogP contribution in [0.5, 0.6) is 0 Å². The van der Waals surface area contributed by atoms with Gasteiger partial charge in [0, 0.05) is 19.1 Å². The maximum Gasteiger partial charge on any atom is 0.0594 e. The number of hydrogen-bond acceptors (Lipinski definition) is 2. The predicted molar refractivity (Wildman–Crippen MR) is 80.6 cm³/mol. The van der Waals surface area contributed by atoms with Crippen LogP contribution in [0.2, 0.25) is 0 Å². The van der Waals surface area contributed by atoms with Gasteiger partial charge >= 0.3 is 0 Å². The highest BCUT2D eigenvalue weighted by molar-refractivity contribution is 5.29. The summed E-state index contributed by atoms with van der Waals surface area (Å²) in [6.45, 7) is 13.0. The summed E-state index contributed by atoms with van der Waals surface area (Å²) < 4.78 is 5.42. The molecule has 1 aromatic rings. The Bertz CT molecular complexity index is 390. The molecular formula is C17H27NO. The monoisotopic (exact) mass is 261 g/mol. The smallest absolute Gasteiger partial charge is 0.0594 e.